The molecule has 5 nitrogen and oxygen atoms in total. The number of imidazole rings is 1. The maximum atomic E-state index is 6.07. The number of nitrogen functional groups attached to an aromatic ring is 1. The first-order chi connectivity index (χ1) is 9.46. The van der Waals surface area contributed by atoms with Crippen LogP contribution in [0.2, 0.25) is 0 Å². The molecule has 0 aliphatic heterocycles. The molecule has 108 valence electrons. The second-order valence-corrected chi connectivity index (χ2v) is 6.17. The van der Waals surface area contributed by atoms with E-state index in [0.29, 0.717) is 28.8 Å². The van der Waals surface area contributed by atoms with Crippen molar-refractivity contribution in [2.45, 2.75) is 26.8 Å². The van der Waals surface area contributed by atoms with E-state index in [9.17, 15) is 0 Å². The molecule has 20 heavy (non-hydrogen) atoms. The minimum atomic E-state index is 0.416. The van der Waals surface area contributed by atoms with Crippen LogP contribution in [0.4, 0.5) is 5.95 Å². The number of nitrogens with zero attached hydrogens (tertiary/aromatic N) is 2. The first kappa shape index (κ1) is 13.1. The summed E-state index contributed by atoms with van der Waals surface area (Å²) in [6.07, 6.45) is 1.24. The second-order valence-electron chi connectivity index (χ2n) is 6.17. The van der Waals surface area contributed by atoms with Gasteiger partial charge < -0.3 is 19.8 Å². The largest absolute Gasteiger partial charge is 0.493 e. The fourth-order valence-corrected chi connectivity index (χ4v) is 2.77. The van der Waals surface area contributed by atoms with Crippen LogP contribution in [0.3, 0.4) is 0 Å². The molecule has 1 unspecified atom stereocenters. The van der Waals surface area contributed by atoms with E-state index in [4.69, 9.17) is 15.2 Å². The van der Waals surface area contributed by atoms with Crippen LogP contribution in [0.1, 0.15) is 20.3 Å². The zero-order chi connectivity index (χ0) is 14.5. The predicted octanol–water partition coefficient (Wildman–Crippen LogP) is 2.68. The Kier molecular flexibility index (Phi) is 2.81. The van der Waals surface area contributed by atoms with Gasteiger partial charge in [0.2, 0.25) is 5.95 Å². The number of nitrogens with two attached hydrogens (primary N) is 1. The lowest BCUT2D eigenvalue weighted by molar-refractivity contribution is 0.355. The Morgan fingerprint density at radius 3 is 2.45 bits per heavy atom. The van der Waals surface area contributed by atoms with Gasteiger partial charge in [-0.15, -0.1) is 0 Å². The number of aromatic nitrogens is 2. The Balaban J connectivity index is 2.05. The van der Waals surface area contributed by atoms with Crippen molar-refractivity contribution in [1.82, 2.24) is 9.55 Å². The van der Waals surface area contributed by atoms with Crippen molar-refractivity contribution in [1.29, 1.82) is 0 Å². The number of hydrogen-bond acceptors (Lipinski definition) is 4. The Bertz CT molecular complexity index is 661. The Labute approximate surface area is 118 Å². The zero-order valence-corrected chi connectivity index (χ0v) is 12.4. The molecular weight excluding hydrogens is 254 g/mol. The Hall–Kier alpha value is -1.91. The van der Waals surface area contributed by atoms with Crippen LogP contribution in [-0.4, -0.2) is 23.8 Å². The van der Waals surface area contributed by atoms with E-state index in [1.54, 1.807) is 14.2 Å². The topological polar surface area (TPSA) is 62.3 Å². The standard InChI is InChI=1S/C15H21N3O2/c1-15(2)7-9(15)8-18-11-6-13(20-4)12(19-3)5-10(11)17-14(18)16/h5-6,9H,7-8H2,1-4H3,(H2,16,17). The molecule has 0 radical (unpaired) electrons. The van der Waals surface area contributed by atoms with Gasteiger partial charge in [0.15, 0.2) is 11.5 Å². The van der Waals surface area contributed by atoms with Crippen molar-refractivity contribution >= 4 is 17.0 Å². The van der Waals surface area contributed by atoms with Crippen molar-refractivity contribution in [3.8, 4) is 11.5 Å². The molecule has 2 N–H and O–H groups in total. The van der Waals surface area contributed by atoms with E-state index >= 15 is 0 Å². The van der Waals surface area contributed by atoms with Gasteiger partial charge in [-0.25, -0.2) is 4.98 Å². The van der Waals surface area contributed by atoms with Gasteiger partial charge in [0.1, 0.15) is 0 Å². The number of fused-ring (bicyclic) bond motifs is 1. The summed E-state index contributed by atoms with van der Waals surface area (Å²) in [5.74, 6) is 2.60. The van der Waals surface area contributed by atoms with Crippen LogP contribution in [-0.2, 0) is 6.54 Å². The van der Waals surface area contributed by atoms with Gasteiger partial charge in [-0.3, -0.25) is 0 Å². The smallest absolute Gasteiger partial charge is 0.201 e. The van der Waals surface area contributed by atoms with Crippen LogP contribution in [0.5, 0.6) is 11.5 Å². The molecule has 1 heterocycles. The third-order valence-corrected chi connectivity index (χ3v) is 4.40. The van der Waals surface area contributed by atoms with Gasteiger partial charge in [0.05, 0.1) is 25.3 Å². The monoisotopic (exact) mass is 275 g/mol. The highest BCUT2D eigenvalue weighted by molar-refractivity contribution is 5.82. The number of benzene rings is 1. The number of methoxy groups -OCH3 is 2. The maximum absolute atomic E-state index is 6.07. The first-order valence-electron chi connectivity index (χ1n) is 6.84. The van der Waals surface area contributed by atoms with Crippen LogP contribution in [0.25, 0.3) is 11.0 Å². The van der Waals surface area contributed by atoms with Gasteiger partial charge in [0, 0.05) is 18.7 Å². The lowest BCUT2D eigenvalue weighted by Gasteiger charge is -2.10. The lowest BCUT2D eigenvalue weighted by Crippen LogP contribution is -2.07. The molecule has 2 aromatic rings. The SMILES string of the molecule is COc1cc2nc(N)n(CC3CC3(C)C)c2cc1OC. The molecule has 0 saturated heterocycles. The fourth-order valence-electron chi connectivity index (χ4n) is 2.77. The summed E-state index contributed by atoms with van der Waals surface area (Å²) in [5.41, 5.74) is 8.34. The lowest BCUT2D eigenvalue weighted by atomic mass is 10.1. The van der Waals surface area contributed by atoms with E-state index in [-0.39, 0.29) is 0 Å². The molecule has 1 aliphatic carbocycles. The Morgan fingerprint density at radius 2 is 1.90 bits per heavy atom. The number of hydrogen-bond donors (Lipinski definition) is 1. The quantitative estimate of drug-likeness (QED) is 0.931. The Morgan fingerprint density at radius 1 is 1.30 bits per heavy atom. The van der Waals surface area contributed by atoms with Crippen LogP contribution in [0, 0.1) is 11.3 Å². The summed E-state index contributed by atoms with van der Waals surface area (Å²) >= 11 is 0. The molecule has 1 fully saturated rings. The van der Waals surface area contributed by atoms with Crippen LogP contribution in [0.15, 0.2) is 12.1 Å². The third kappa shape index (κ3) is 1.97. The molecule has 1 saturated carbocycles. The van der Waals surface area contributed by atoms with E-state index in [2.05, 4.69) is 23.4 Å². The average Bonchev–Trinajstić information content (AvgIpc) is 2.90. The van der Waals surface area contributed by atoms with Gasteiger partial charge in [-0.05, 0) is 17.8 Å². The highest BCUT2D eigenvalue weighted by Gasteiger charge is 2.45. The zero-order valence-electron chi connectivity index (χ0n) is 12.4. The number of anilines is 1. The van der Waals surface area contributed by atoms with Crippen molar-refractivity contribution in [2.75, 3.05) is 20.0 Å². The number of ether oxygens (including phenoxy) is 2. The normalized spacial score (nSPS) is 20.1. The average molecular weight is 275 g/mol. The second kappa shape index (κ2) is 4.30. The molecule has 3 rings (SSSR count). The van der Waals surface area contributed by atoms with Gasteiger partial charge in [-0.2, -0.15) is 0 Å². The van der Waals surface area contributed by atoms with Gasteiger partial charge in [0.25, 0.3) is 0 Å². The van der Waals surface area contributed by atoms with E-state index in [1.807, 2.05) is 12.1 Å². The van der Waals surface area contributed by atoms with E-state index in [0.717, 1.165) is 17.6 Å². The highest BCUT2D eigenvalue weighted by atomic mass is 16.5. The minimum absolute atomic E-state index is 0.416. The number of rotatable bonds is 4. The van der Waals surface area contributed by atoms with Crippen molar-refractivity contribution in [3.05, 3.63) is 12.1 Å². The molecule has 1 aromatic heterocycles. The molecule has 0 spiro atoms. The molecular formula is C15H21N3O2. The van der Waals surface area contributed by atoms with Gasteiger partial charge >= 0.3 is 0 Å². The summed E-state index contributed by atoms with van der Waals surface area (Å²) in [6, 6.07) is 3.83. The maximum Gasteiger partial charge on any atom is 0.201 e. The predicted molar refractivity (Wildman–Crippen MR) is 79.1 cm³/mol. The first-order valence-corrected chi connectivity index (χ1v) is 6.84. The summed E-state index contributed by atoms with van der Waals surface area (Å²) in [6.45, 7) is 5.48. The molecule has 1 aromatic carbocycles. The minimum Gasteiger partial charge on any atom is -0.493 e. The van der Waals surface area contributed by atoms with Crippen molar-refractivity contribution in [2.24, 2.45) is 11.3 Å². The van der Waals surface area contributed by atoms with Gasteiger partial charge in [-0.1, -0.05) is 13.8 Å². The van der Waals surface area contributed by atoms with E-state index in [1.165, 1.54) is 6.42 Å². The third-order valence-electron chi connectivity index (χ3n) is 4.40. The molecule has 5 heteroatoms. The van der Waals surface area contributed by atoms with Crippen LogP contribution >= 0.6 is 0 Å². The molecule has 0 bridgehead atoms. The van der Waals surface area contributed by atoms with Crippen LogP contribution < -0.4 is 15.2 Å². The fraction of sp³-hybridized carbons (Fsp3) is 0.533. The van der Waals surface area contributed by atoms with Crippen molar-refractivity contribution in [3.63, 3.8) is 0 Å². The van der Waals surface area contributed by atoms with Crippen molar-refractivity contribution < 1.29 is 9.47 Å². The summed E-state index contributed by atoms with van der Waals surface area (Å²) in [7, 11) is 3.26. The summed E-state index contributed by atoms with van der Waals surface area (Å²) in [4.78, 5) is 4.43. The summed E-state index contributed by atoms with van der Waals surface area (Å²) in [5, 5.41) is 0. The van der Waals surface area contributed by atoms with E-state index < -0.39 is 0 Å². The summed E-state index contributed by atoms with van der Waals surface area (Å²) < 4.78 is 12.7. The molecule has 1 atom stereocenters. The molecule has 0 amide bonds. The highest BCUT2D eigenvalue weighted by Crippen LogP contribution is 2.53. The molecule has 1 aliphatic rings.